The van der Waals surface area contributed by atoms with E-state index in [9.17, 15) is 4.79 Å². The molecule has 0 aliphatic carbocycles. The molecule has 2 aromatic carbocycles. The molecule has 0 unspecified atom stereocenters. The van der Waals surface area contributed by atoms with Crippen molar-refractivity contribution in [3.63, 3.8) is 0 Å². The van der Waals surface area contributed by atoms with E-state index in [2.05, 4.69) is 15.4 Å². The van der Waals surface area contributed by atoms with Crippen molar-refractivity contribution >= 4 is 12.0 Å². The number of methoxy groups -OCH3 is 1. The third kappa shape index (κ3) is 5.23. The summed E-state index contributed by atoms with van der Waals surface area (Å²) in [6, 6.07) is 23.1. The molecule has 0 radical (unpaired) electrons. The van der Waals surface area contributed by atoms with Gasteiger partial charge in [-0.1, -0.05) is 18.2 Å². The van der Waals surface area contributed by atoms with E-state index in [1.54, 1.807) is 34.9 Å². The minimum Gasteiger partial charge on any atom is -0.497 e. The van der Waals surface area contributed by atoms with Gasteiger partial charge in [0.15, 0.2) is 0 Å². The van der Waals surface area contributed by atoms with Gasteiger partial charge in [0.05, 0.1) is 30.7 Å². The Bertz CT molecular complexity index is 1470. The molecule has 8 heteroatoms. The summed E-state index contributed by atoms with van der Waals surface area (Å²) in [5, 5.41) is 12.2. The second-order valence-electron chi connectivity index (χ2n) is 7.96. The zero-order chi connectivity index (χ0) is 24.7. The molecule has 0 aliphatic heterocycles. The van der Waals surface area contributed by atoms with Gasteiger partial charge in [0.25, 0.3) is 0 Å². The first-order chi connectivity index (χ1) is 17.7. The van der Waals surface area contributed by atoms with Crippen LogP contribution in [0.3, 0.4) is 0 Å². The molecule has 5 aromatic rings. The van der Waals surface area contributed by atoms with Gasteiger partial charge >= 0.3 is 0 Å². The Morgan fingerprint density at radius 3 is 2.50 bits per heavy atom. The van der Waals surface area contributed by atoms with Crippen LogP contribution in [0.1, 0.15) is 11.3 Å². The second kappa shape index (κ2) is 10.5. The van der Waals surface area contributed by atoms with Crippen LogP contribution in [0.15, 0.2) is 104 Å². The van der Waals surface area contributed by atoms with E-state index in [1.807, 2.05) is 85.2 Å². The molecular weight excluding hydrogens is 452 g/mol. The van der Waals surface area contributed by atoms with Gasteiger partial charge in [-0.3, -0.25) is 9.78 Å². The fourth-order valence-electron chi connectivity index (χ4n) is 3.69. The zero-order valence-corrected chi connectivity index (χ0v) is 19.7. The number of carbonyl (C=O) groups is 1. The third-order valence-electron chi connectivity index (χ3n) is 5.54. The van der Waals surface area contributed by atoms with Crippen molar-refractivity contribution in [2.45, 2.75) is 6.54 Å². The first-order valence-electron chi connectivity index (χ1n) is 11.4. The predicted molar refractivity (Wildman–Crippen MR) is 138 cm³/mol. The molecule has 36 heavy (non-hydrogen) atoms. The minimum atomic E-state index is -0.224. The maximum absolute atomic E-state index is 12.6. The molecule has 1 N–H and O–H groups in total. The molecule has 0 aliphatic rings. The highest BCUT2D eigenvalue weighted by molar-refractivity contribution is 5.92. The van der Waals surface area contributed by atoms with Gasteiger partial charge in [-0.2, -0.15) is 10.2 Å². The Morgan fingerprint density at radius 2 is 1.75 bits per heavy atom. The van der Waals surface area contributed by atoms with Crippen molar-refractivity contribution in [2.24, 2.45) is 0 Å². The number of benzene rings is 2. The van der Waals surface area contributed by atoms with Crippen LogP contribution in [0.4, 0.5) is 0 Å². The lowest BCUT2D eigenvalue weighted by atomic mass is 10.1. The highest BCUT2D eigenvalue weighted by Gasteiger charge is 2.11. The lowest BCUT2D eigenvalue weighted by Gasteiger charge is -2.03. The summed E-state index contributed by atoms with van der Waals surface area (Å²) >= 11 is 0. The standard InChI is InChI=1S/C28H24N6O2/c1-36-26-12-10-25(11-13-26)33-17-15-23(31-33)19-30-27(35)14-9-22-20-34(24-7-3-2-4-8-24)32-28(22)21-6-5-16-29-18-21/h2-18,20H,19H2,1H3,(H,30,35). The number of ether oxygens (including phenoxy) is 1. The van der Waals surface area contributed by atoms with Crippen LogP contribution in [0, 0.1) is 0 Å². The van der Waals surface area contributed by atoms with Gasteiger partial charge in [0.2, 0.25) is 5.91 Å². The van der Waals surface area contributed by atoms with Crippen LogP contribution in [-0.4, -0.2) is 37.6 Å². The molecule has 0 fully saturated rings. The Labute approximate surface area is 208 Å². The average Bonchev–Trinajstić information content (AvgIpc) is 3.59. The number of para-hydroxylation sites is 1. The lowest BCUT2D eigenvalue weighted by molar-refractivity contribution is -0.116. The lowest BCUT2D eigenvalue weighted by Crippen LogP contribution is -2.20. The number of aromatic nitrogens is 5. The highest BCUT2D eigenvalue weighted by atomic mass is 16.5. The highest BCUT2D eigenvalue weighted by Crippen LogP contribution is 2.24. The van der Waals surface area contributed by atoms with Crippen LogP contribution >= 0.6 is 0 Å². The van der Waals surface area contributed by atoms with Crippen molar-refractivity contribution in [3.8, 4) is 28.4 Å². The molecule has 1 amide bonds. The summed E-state index contributed by atoms with van der Waals surface area (Å²) in [7, 11) is 1.63. The van der Waals surface area contributed by atoms with Crippen LogP contribution < -0.4 is 10.1 Å². The van der Waals surface area contributed by atoms with Crippen LogP contribution in [0.2, 0.25) is 0 Å². The molecule has 0 saturated heterocycles. The normalized spacial score (nSPS) is 11.0. The quantitative estimate of drug-likeness (QED) is 0.334. The topological polar surface area (TPSA) is 86.9 Å². The fourth-order valence-corrected chi connectivity index (χ4v) is 3.69. The first kappa shape index (κ1) is 22.8. The largest absolute Gasteiger partial charge is 0.497 e. The molecule has 0 atom stereocenters. The van der Waals surface area contributed by atoms with Crippen molar-refractivity contribution in [2.75, 3.05) is 7.11 Å². The molecule has 3 heterocycles. The smallest absolute Gasteiger partial charge is 0.244 e. The van der Waals surface area contributed by atoms with E-state index in [4.69, 9.17) is 9.84 Å². The van der Waals surface area contributed by atoms with Gasteiger partial charge in [-0.05, 0) is 60.7 Å². The van der Waals surface area contributed by atoms with Gasteiger partial charge in [0.1, 0.15) is 11.4 Å². The number of nitrogens with one attached hydrogen (secondary N) is 1. The van der Waals surface area contributed by atoms with Crippen LogP contribution in [0.5, 0.6) is 5.75 Å². The Balaban J connectivity index is 1.28. The number of carbonyl (C=O) groups excluding carboxylic acids is 1. The molecule has 3 aromatic heterocycles. The monoisotopic (exact) mass is 476 g/mol. The second-order valence-corrected chi connectivity index (χ2v) is 7.96. The first-order valence-corrected chi connectivity index (χ1v) is 11.4. The minimum absolute atomic E-state index is 0.224. The van der Waals surface area contributed by atoms with Gasteiger partial charge < -0.3 is 10.1 Å². The molecule has 178 valence electrons. The van der Waals surface area contributed by atoms with E-state index in [-0.39, 0.29) is 5.91 Å². The molecule has 0 spiro atoms. The van der Waals surface area contributed by atoms with Crippen molar-refractivity contribution in [1.29, 1.82) is 0 Å². The Hall–Kier alpha value is -4.98. The number of pyridine rings is 1. The van der Waals surface area contributed by atoms with Gasteiger partial charge in [-0.15, -0.1) is 0 Å². The van der Waals surface area contributed by atoms with E-state index >= 15 is 0 Å². The number of rotatable bonds is 8. The molecule has 0 bridgehead atoms. The molecular formula is C28H24N6O2. The maximum atomic E-state index is 12.6. The molecule has 5 rings (SSSR count). The zero-order valence-electron chi connectivity index (χ0n) is 19.7. The summed E-state index contributed by atoms with van der Waals surface area (Å²) in [5.74, 6) is 0.560. The van der Waals surface area contributed by atoms with Crippen LogP contribution in [-0.2, 0) is 11.3 Å². The summed E-state index contributed by atoms with van der Waals surface area (Å²) < 4.78 is 8.75. The van der Waals surface area contributed by atoms with Crippen molar-refractivity contribution < 1.29 is 9.53 Å². The summed E-state index contributed by atoms with van der Waals surface area (Å²) in [4.78, 5) is 16.8. The number of hydrogen-bond donors (Lipinski definition) is 1. The summed E-state index contributed by atoms with van der Waals surface area (Å²) in [6.07, 6.45) is 10.5. The predicted octanol–water partition coefficient (Wildman–Crippen LogP) is 4.46. The Kier molecular flexibility index (Phi) is 6.66. The average molecular weight is 477 g/mol. The Morgan fingerprint density at radius 1 is 0.944 bits per heavy atom. The molecule has 8 nitrogen and oxygen atoms in total. The number of nitrogens with zero attached hydrogens (tertiary/aromatic N) is 5. The van der Waals surface area contributed by atoms with Crippen LogP contribution in [0.25, 0.3) is 28.7 Å². The van der Waals surface area contributed by atoms with E-state index in [0.717, 1.165) is 39.6 Å². The number of hydrogen-bond acceptors (Lipinski definition) is 5. The molecule has 0 saturated carbocycles. The third-order valence-corrected chi connectivity index (χ3v) is 5.54. The van der Waals surface area contributed by atoms with Gasteiger partial charge in [0, 0.05) is 42.0 Å². The van der Waals surface area contributed by atoms with Crippen molar-refractivity contribution in [1.82, 2.24) is 29.9 Å². The van der Waals surface area contributed by atoms with Crippen molar-refractivity contribution in [3.05, 3.63) is 115 Å². The summed E-state index contributed by atoms with van der Waals surface area (Å²) in [5.41, 5.74) is 5.02. The fraction of sp³-hybridized carbons (Fsp3) is 0.0714. The number of amides is 1. The SMILES string of the molecule is COc1ccc(-n2ccc(CNC(=O)C=Cc3cn(-c4ccccc4)nc3-c3cccnc3)n2)cc1. The van der Waals surface area contributed by atoms with E-state index in [0.29, 0.717) is 6.54 Å². The summed E-state index contributed by atoms with van der Waals surface area (Å²) in [6.45, 7) is 0.311. The maximum Gasteiger partial charge on any atom is 0.244 e. The van der Waals surface area contributed by atoms with E-state index in [1.165, 1.54) is 6.08 Å². The van der Waals surface area contributed by atoms with E-state index < -0.39 is 0 Å². The van der Waals surface area contributed by atoms with Gasteiger partial charge in [-0.25, -0.2) is 9.36 Å².